The fraction of sp³-hybridized carbons (Fsp3) is 0.0769. The first-order valence-electron chi connectivity index (χ1n) is 5.70. The van der Waals surface area contributed by atoms with Gasteiger partial charge in [-0.15, -0.1) is 0 Å². The van der Waals surface area contributed by atoms with E-state index in [0.717, 1.165) is 6.07 Å². The fourth-order valence-corrected chi connectivity index (χ4v) is 2.28. The zero-order chi connectivity index (χ0) is 15.6. The van der Waals surface area contributed by atoms with E-state index in [0.29, 0.717) is 6.07 Å². The van der Waals surface area contributed by atoms with Gasteiger partial charge in [-0.05, 0) is 12.1 Å². The maximum Gasteiger partial charge on any atom is 0.275 e. The molecule has 2 aromatic carbocycles. The van der Waals surface area contributed by atoms with Crippen LogP contribution in [0.15, 0.2) is 30.3 Å². The molecule has 0 saturated heterocycles. The minimum Gasteiger partial charge on any atom is -0.377 e. The molecule has 0 aliphatic rings. The van der Waals surface area contributed by atoms with Crippen LogP contribution in [0.25, 0.3) is 0 Å². The highest BCUT2D eigenvalue weighted by molar-refractivity contribution is 6.33. The summed E-state index contributed by atoms with van der Waals surface area (Å²) in [6, 6.07) is 5.80. The van der Waals surface area contributed by atoms with Crippen LogP contribution in [0.4, 0.5) is 20.2 Å². The first-order valence-corrected chi connectivity index (χ1v) is 6.46. The first-order chi connectivity index (χ1) is 9.90. The molecule has 0 aliphatic carbocycles. The highest BCUT2D eigenvalue weighted by Crippen LogP contribution is 2.30. The third-order valence-corrected chi connectivity index (χ3v) is 3.39. The van der Waals surface area contributed by atoms with Crippen LogP contribution in [0.2, 0.25) is 10.0 Å². The lowest BCUT2D eigenvalue weighted by atomic mass is 10.1. The van der Waals surface area contributed by atoms with Gasteiger partial charge >= 0.3 is 0 Å². The molecule has 0 amide bonds. The summed E-state index contributed by atoms with van der Waals surface area (Å²) in [4.78, 5) is 10.3. The van der Waals surface area contributed by atoms with Gasteiger partial charge in [0.25, 0.3) is 5.69 Å². The van der Waals surface area contributed by atoms with Crippen LogP contribution in [0, 0.1) is 21.7 Å². The van der Waals surface area contributed by atoms with Crippen molar-refractivity contribution in [2.24, 2.45) is 0 Å². The van der Waals surface area contributed by atoms with E-state index >= 15 is 0 Å². The summed E-state index contributed by atoms with van der Waals surface area (Å²) < 4.78 is 26.6. The molecule has 0 radical (unpaired) electrons. The molecule has 0 bridgehead atoms. The van der Waals surface area contributed by atoms with Crippen LogP contribution in [0.1, 0.15) is 5.56 Å². The SMILES string of the molecule is O=[N+]([O-])c1cccc(Cl)c1CNc1c(F)cc(F)cc1Cl. The number of anilines is 1. The summed E-state index contributed by atoms with van der Waals surface area (Å²) in [7, 11) is 0. The largest absolute Gasteiger partial charge is 0.377 e. The summed E-state index contributed by atoms with van der Waals surface area (Å²) in [5.41, 5.74) is -0.162. The van der Waals surface area contributed by atoms with Crippen LogP contribution in [-0.4, -0.2) is 4.92 Å². The van der Waals surface area contributed by atoms with Gasteiger partial charge in [0.15, 0.2) is 5.82 Å². The molecule has 2 aromatic rings. The molecule has 110 valence electrons. The van der Waals surface area contributed by atoms with Gasteiger partial charge in [0, 0.05) is 18.7 Å². The van der Waals surface area contributed by atoms with Crippen molar-refractivity contribution in [3.05, 3.63) is 67.7 Å². The summed E-state index contributed by atoms with van der Waals surface area (Å²) >= 11 is 11.6. The summed E-state index contributed by atoms with van der Waals surface area (Å²) in [6.07, 6.45) is 0. The van der Waals surface area contributed by atoms with Gasteiger partial charge in [-0.2, -0.15) is 0 Å². The van der Waals surface area contributed by atoms with Crippen LogP contribution >= 0.6 is 23.2 Å². The topological polar surface area (TPSA) is 55.2 Å². The van der Waals surface area contributed by atoms with Crippen molar-refractivity contribution in [1.29, 1.82) is 0 Å². The zero-order valence-corrected chi connectivity index (χ0v) is 11.9. The predicted octanol–water partition coefficient (Wildman–Crippen LogP) is 4.79. The number of rotatable bonds is 4. The maximum atomic E-state index is 13.6. The number of nitrogens with one attached hydrogen (secondary N) is 1. The third-order valence-electron chi connectivity index (χ3n) is 2.74. The second-order valence-corrected chi connectivity index (χ2v) is 4.91. The molecule has 0 fully saturated rings. The Morgan fingerprint density at radius 3 is 2.52 bits per heavy atom. The van der Waals surface area contributed by atoms with Crippen molar-refractivity contribution in [1.82, 2.24) is 0 Å². The quantitative estimate of drug-likeness (QED) is 0.646. The van der Waals surface area contributed by atoms with E-state index in [1.54, 1.807) is 0 Å². The van der Waals surface area contributed by atoms with E-state index in [1.807, 2.05) is 0 Å². The molecular formula is C13H8Cl2F2N2O2. The highest BCUT2D eigenvalue weighted by atomic mass is 35.5. The fourth-order valence-electron chi connectivity index (χ4n) is 1.78. The Hall–Kier alpha value is -1.92. The van der Waals surface area contributed by atoms with E-state index in [9.17, 15) is 18.9 Å². The molecule has 1 N–H and O–H groups in total. The van der Waals surface area contributed by atoms with Gasteiger partial charge in [0.05, 0.1) is 26.2 Å². The third kappa shape index (κ3) is 3.40. The van der Waals surface area contributed by atoms with E-state index in [2.05, 4.69) is 5.32 Å². The van der Waals surface area contributed by atoms with Gasteiger partial charge in [-0.25, -0.2) is 8.78 Å². The van der Waals surface area contributed by atoms with Crippen molar-refractivity contribution >= 4 is 34.6 Å². The molecule has 0 heterocycles. The van der Waals surface area contributed by atoms with Crippen molar-refractivity contribution in [2.75, 3.05) is 5.32 Å². The number of nitro groups is 1. The minimum atomic E-state index is -0.894. The van der Waals surface area contributed by atoms with Crippen LogP contribution in [0.5, 0.6) is 0 Å². The average molecular weight is 333 g/mol. The van der Waals surface area contributed by atoms with E-state index in [4.69, 9.17) is 23.2 Å². The van der Waals surface area contributed by atoms with Crippen LogP contribution in [0.3, 0.4) is 0 Å². The van der Waals surface area contributed by atoms with E-state index < -0.39 is 16.6 Å². The van der Waals surface area contributed by atoms with Gasteiger partial charge in [0.2, 0.25) is 0 Å². The minimum absolute atomic E-state index is 0.127. The number of hydrogen-bond donors (Lipinski definition) is 1. The van der Waals surface area contributed by atoms with Gasteiger partial charge in [-0.3, -0.25) is 10.1 Å². The van der Waals surface area contributed by atoms with E-state index in [-0.39, 0.29) is 33.5 Å². The summed E-state index contributed by atoms with van der Waals surface area (Å²) in [6.45, 7) is -0.127. The monoisotopic (exact) mass is 332 g/mol. The Labute approximate surface area is 128 Å². The van der Waals surface area contributed by atoms with Crippen molar-refractivity contribution in [3.63, 3.8) is 0 Å². The molecule has 0 aliphatic heterocycles. The van der Waals surface area contributed by atoms with Gasteiger partial charge < -0.3 is 5.32 Å². The Kier molecular flexibility index (Phi) is 4.59. The smallest absolute Gasteiger partial charge is 0.275 e. The molecule has 0 aromatic heterocycles. The Morgan fingerprint density at radius 1 is 1.19 bits per heavy atom. The van der Waals surface area contributed by atoms with Gasteiger partial charge in [0.1, 0.15) is 5.82 Å². The number of nitrogens with zero attached hydrogens (tertiary/aromatic N) is 1. The number of hydrogen-bond acceptors (Lipinski definition) is 3. The van der Waals surface area contributed by atoms with E-state index in [1.165, 1.54) is 18.2 Å². The second kappa shape index (κ2) is 6.24. The molecule has 0 saturated carbocycles. The van der Waals surface area contributed by atoms with Crippen molar-refractivity contribution < 1.29 is 13.7 Å². The lowest BCUT2D eigenvalue weighted by Gasteiger charge is -2.11. The molecule has 2 rings (SSSR count). The number of nitro benzene ring substituents is 1. The second-order valence-electron chi connectivity index (χ2n) is 4.09. The van der Waals surface area contributed by atoms with Gasteiger partial charge in [-0.1, -0.05) is 29.3 Å². The zero-order valence-electron chi connectivity index (χ0n) is 10.4. The average Bonchev–Trinajstić information content (AvgIpc) is 2.38. The molecule has 4 nitrogen and oxygen atoms in total. The highest BCUT2D eigenvalue weighted by Gasteiger charge is 2.17. The van der Waals surface area contributed by atoms with Crippen LogP contribution in [-0.2, 0) is 6.54 Å². The molecule has 0 atom stereocenters. The lowest BCUT2D eigenvalue weighted by Crippen LogP contribution is -2.06. The predicted molar refractivity (Wildman–Crippen MR) is 76.8 cm³/mol. The summed E-state index contributed by atoms with van der Waals surface area (Å²) in [5.74, 6) is -1.71. The van der Waals surface area contributed by atoms with Crippen molar-refractivity contribution in [2.45, 2.75) is 6.54 Å². The molecule has 0 unspecified atom stereocenters. The summed E-state index contributed by atoms with van der Waals surface area (Å²) in [5, 5.41) is 13.5. The molecule has 0 spiro atoms. The Morgan fingerprint density at radius 2 is 1.90 bits per heavy atom. The molecular weight excluding hydrogens is 325 g/mol. The standard InChI is InChI=1S/C13H8Cl2F2N2O2/c14-9-2-1-3-12(19(20)21)8(9)6-18-13-10(15)4-7(16)5-11(13)17/h1-5,18H,6H2. The van der Waals surface area contributed by atoms with Crippen LogP contribution < -0.4 is 5.32 Å². The lowest BCUT2D eigenvalue weighted by molar-refractivity contribution is -0.385. The number of halogens is 4. The Bertz CT molecular complexity index is 688. The Balaban J connectivity index is 2.31. The van der Waals surface area contributed by atoms with Crippen molar-refractivity contribution in [3.8, 4) is 0 Å². The number of benzene rings is 2. The maximum absolute atomic E-state index is 13.6. The normalized spacial score (nSPS) is 10.5. The molecule has 21 heavy (non-hydrogen) atoms. The first kappa shape index (κ1) is 15.5. The molecule has 8 heteroatoms.